The molecule has 16 heavy (non-hydrogen) atoms. The van der Waals surface area contributed by atoms with Crippen LogP contribution in [0.25, 0.3) is 0 Å². The minimum absolute atomic E-state index is 0.456. The Hall–Kier alpha value is -1.14. The zero-order valence-corrected chi connectivity index (χ0v) is 8.48. The number of alkyl halides is 3. The molecular formula is C10H11F4NO. The molecule has 0 saturated heterocycles. The van der Waals surface area contributed by atoms with Crippen molar-refractivity contribution in [2.45, 2.75) is 18.6 Å². The molecule has 2 nitrogen and oxygen atoms in total. The third kappa shape index (κ3) is 2.51. The zero-order valence-electron chi connectivity index (χ0n) is 8.48. The van der Waals surface area contributed by atoms with Gasteiger partial charge in [-0.05, 0) is 30.7 Å². The van der Waals surface area contributed by atoms with E-state index in [1.807, 2.05) is 0 Å². The Morgan fingerprint density at radius 1 is 1.25 bits per heavy atom. The van der Waals surface area contributed by atoms with Crippen LogP contribution >= 0.6 is 0 Å². The first-order valence-electron chi connectivity index (χ1n) is 4.45. The van der Waals surface area contributed by atoms with Crippen molar-refractivity contribution in [1.29, 1.82) is 0 Å². The molecule has 1 aromatic carbocycles. The van der Waals surface area contributed by atoms with Gasteiger partial charge in [0, 0.05) is 0 Å². The van der Waals surface area contributed by atoms with Gasteiger partial charge in [-0.3, -0.25) is 0 Å². The predicted octanol–water partition coefficient (Wildman–Crippen LogP) is 2.01. The number of hydrogen-bond acceptors (Lipinski definition) is 2. The molecule has 0 fully saturated rings. The average Bonchev–Trinajstić information content (AvgIpc) is 2.15. The Morgan fingerprint density at radius 2 is 1.81 bits per heavy atom. The first-order chi connectivity index (χ1) is 7.18. The van der Waals surface area contributed by atoms with E-state index in [2.05, 4.69) is 0 Å². The van der Waals surface area contributed by atoms with E-state index < -0.39 is 35.3 Å². The maximum Gasteiger partial charge on any atom is 0.416 e. The monoisotopic (exact) mass is 237 g/mol. The van der Waals surface area contributed by atoms with Gasteiger partial charge in [-0.15, -0.1) is 0 Å². The molecule has 0 aliphatic carbocycles. The quantitative estimate of drug-likeness (QED) is 0.773. The van der Waals surface area contributed by atoms with Gasteiger partial charge in [0.2, 0.25) is 0 Å². The Labute approximate surface area is 89.7 Å². The number of aliphatic hydroxyl groups excluding tert-OH is 1. The zero-order chi connectivity index (χ0) is 12.6. The average molecular weight is 237 g/mol. The maximum absolute atomic E-state index is 12.9. The summed E-state index contributed by atoms with van der Waals surface area (Å²) in [7, 11) is 0. The maximum atomic E-state index is 12.9. The molecule has 0 spiro atoms. The van der Waals surface area contributed by atoms with Gasteiger partial charge in [-0.2, -0.15) is 13.2 Å². The fourth-order valence-electron chi connectivity index (χ4n) is 1.32. The molecule has 0 aromatic heterocycles. The van der Waals surface area contributed by atoms with E-state index in [0.717, 1.165) is 0 Å². The third-order valence-electron chi connectivity index (χ3n) is 2.23. The summed E-state index contributed by atoms with van der Waals surface area (Å²) in [5.74, 6) is -0.826. The Balaban J connectivity index is 3.41. The van der Waals surface area contributed by atoms with E-state index in [-0.39, 0.29) is 0 Å². The first kappa shape index (κ1) is 12.9. The molecule has 0 heterocycles. The van der Waals surface area contributed by atoms with Gasteiger partial charge >= 0.3 is 6.18 Å². The van der Waals surface area contributed by atoms with Gasteiger partial charge in [0.1, 0.15) is 5.82 Å². The molecule has 3 N–H and O–H groups in total. The lowest BCUT2D eigenvalue weighted by Gasteiger charge is -2.26. The van der Waals surface area contributed by atoms with Crippen molar-refractivity contribution in [1.82, 2.24) is 0 Å². The van der Waals surface area contributed by atoms with Crippen molar-refractivity contribution in [3.8, 4) is 0 Å². The van der Waals surface area contributed by atoms with Crippen molar-refractivity contribution < 1.29 is 22.7 Å². The fraction of sp³-hybridized carbons (Fsp3) is 0.400. The Bertz CT molecular complexity index is 387. The van der Waals surface area contributed by atoms with E-state index in [9.17, 15) is 17.6 Å². The predicted molar refractivity (Wildman–Crippen MR) is 50.0 cm³/mol. The highest BCUT2D eigenvalue weighted by atomic mass is 19.4. The molecule has 1 rings (SSSR count). The summed E-state index contributed by atoms with van der Waals surface area (Å²) < 4.78 is 50.7. The van der Waals surface area contributed by atoms with E-state index in [1.54, 1.807) is 0 Å². The number of rotatable bonds is 2. The largest absolute Gasteiger partial charge is 0.416 e. The number of benzene rings is 1. The van der Waals surface area contributed by atoms with Gasteiger partial charge in [0.05, 0.1) is 17.7 Å². The molecule has 0 saturated carbocycles. The van der Waals surface area contributed by atoms with Crippen molar-refractivity contribution in [2.75, 3.05) is 6.61 Å². The molecule has 0 aliphatic rings. The van der Waals surface area contributed by atoms with Crippen LogP contribution in [0.3, 0.4) is 0 Å². The molecule has 0 radical (unpaired) electrons. The number of hydrogen-bond donors (Lipinski definition) is 2. The fourth-order valence-corrected chi connectivity index (χ4v) is 1.32. The van der Waals surface area contributed by atoms with Crippen LogP contribution in [0.4, 0.5) is 17.6 Å². The summed E-state index contributed by atoms with van der Waals surface area (Å²) in [6, 6.07) is 2.02. The van der Waals surface area contributed by atoms with Crippen LogP contribution in [0.2, 0.25) is 0 Å². The van der Waals surface area contributed by atoms with E-state index in [0.29, 0.717) is 18.2 Å². The van der Waals surface area contributed by atoms with Gasteiger partial charge < -0.3 is 10.8 Å². The molecule has 1 aromatic rings. The van der Waals surface area contributed by atoms with Gasteiger partial charge in [-0.1, -0.05) is 0 Å². The van der Waals surface area contributed by atoms with Crippen molar-refractivity contribution in [3.63, 3.8) is 0 Å². The van der Waals surface area contributed by atoms with Crippen LogP contribution in [0.15, 0.2) is 18.2 Å². The van der Waals surface area contributed by atoms with Gasteiger partial charge in [0.25, 0.3) is 0 Å². The second kappa shape index (κ2) is 4.03. The molecule has 0 amide bonds. The number of aliphatic hydroxyl groups is 1. The van der Waals surface area contributed by atoms with Crippen LogP contribution in [0.1, 0.15) is 18.1 Å². The van der Waals surface area contributed by atoms with E-state index >= 15 is 0 Å². The van der Waals surface area contributed by atoms with Crippen LogP contribution in [-0.4, -0.2) is 11.7 Å². The van der Waals surface area contributed by atoms with Crippen molar-refractivity contribution >= 4 is 0 Å². The van der Waals surface area contributed by atoms with Crippen LogP contribution in [-0.2, 0) is 11.7 Å². The molecule has 1 atom stereocenters. The summed E-state index contributed by atoms with van der Waals surface area (Å²) in [5, 5.41) is 8.91. The lowest BCUT2D eigenvalue weighted by atomic mass is 9.89. The summed E-state index contributed by atoms with van der Waals surface area (Å²) in [5.41, 5.74) is 2.36. The van der Waals surface area contributed by atoms with Crippen molar-refractivity contribution in [3.05, 3.63) is 35.1 Å². The topological polar surface area (TPSA) is 46.2 Å². The second-order valence-corrected chi connectivity index (χ2v) is 3.76. The Kier molecular flexibility index (Phi) is 3.25. The smallest absolute Gasteiger partial charge is 0.394 e. The molecular weight excluding hydrogens is 226 g/mol. The van der Waals surface area contributed by atoms with Crippen LogP contribution < -0.4 is 5.73 Å². The lowest BCUT2D eigenvalue weighted by Crippen LogP contribution is -2.39. The normalized spacial score (nSPS) is 15.9. The summed E-state index contributed by atoms with van der Waals surface area (Å²) >= 11 is 0. The van der Waals surface area contributed by atoms with Gasteiger partial charge in [-0.25, -0.2) is 4.39 Å². The molecule has 0 aliphatic heterocycles. The highest BCUT2D eigenvalue weighted by molar-refractivity contribution is 5.35. The Morgan fingerprint density at radius 3 is 2.25 bits per heavy atom. The molecule has 90 valence electrons. The van der Waals surface area contributed by atoms with Crippen LogP contribution in [0, 0.1) is 5.82 Å². The minimum atomic E-state index is -4.63. The van der Waals surface area contributed by atoms with Crippen LogP contribution in [0.5, 0.6) is 0 Å². The molecule has 6 heteroatoms. The van der Waals surface area contributed by atoms with E-state index in [4.69, 9.17) is 10.8 Å². The van der Waals surface area contributed by atoms with Gasteiger partial charge in [0.15, 0.2) is 0 Å². The standard InChI is InChI=1S/C10H11F4NO/c1-9(15,5-16)8-4-6(11)2-3-7(8)10(12,13)14/h2-4,16H,5,15H2,1H3. The molecule has 0 bridgehead atoms. The SMILES string of the molecule is CC(N)(CO)c1cc(F)ccc1C(F)(F)F. The lowest BCUT2D eigenvalue weighted by molar-refractivity contribution is -0.139. The second-order valence-electron chi connectivity index (χ2n) is 3.76. The highest BCUT2D eigenvalue weighted by Gasteiger charge is 2.38. The number of halogens is 4. The summed E-state index contributed by atoms with van der Waals surface area (Å²) in [6.07, 6.45) is -4.63. The third-order valence-corrected chi connectivity index (χ3v) is 2.23. The highest BCUT2D eigenvalue weighted by Crippen LogP contribution is 2.36. The summed E-state index contributed by atoms with van der Waals surface area (Å²) in [4.78, 5) is 0. The first-order valence-corrected chi connectivity index (χ1v) is 4.45. The van der Waals surface area contributed by atoms with E-state index in [1.165, 1.54) is 6.92 Å². The van der Waals surface area contributed by atoms with Crippen molar-refractivity contribution in [2.24, 2.45) is 5.73 Å². The molecule has 1 unspecified atom stereocenters. The number of nitrogens with two attached hydrogens (primary N) is 1. The minimum Gasteiger partial charge on any atom is -0.394 e. The summed E-state index contributed by atoms with van der Waals surface area (Å²) in [6.45, 7) is 0.497.